The fourth-order valence-corrected chi connectivity index (χ4v) is 1.28. The molecular formula is C12H15F2NO2. The van der Waals surface area contributed by atoms with Crippen LogP contribution in [0.1, 0.15) is 19.4 Å². The minimum Gasteiger partial charge on any atom is -0.465 e. The van der Waals surface area contributed by atoms with Crippen LogP contribution < -0.4 is 5.32 Å². The molecule has 17 heavy (non-hydrogen) atoms. The van der Waals surface area contributed by atoms with Crippen molar-refractivity contribution in [2.45, 2.75) is 26.4 Å². The Hall–Kier alpha value is -1.49. The van der Waals surface area contributed by atoms with Crippen LogP contribution >= 0.6 is 0 Å². The first-order valence-electron chi connectivity index (χ1n) is 5.38. The molecule has 1 aromatic carbocycles. The van der Waals surface area contributed by atoms with Crippen LogP contribution in [0.5, 0.6) is 0 Å². The summed E-state index contributed by atoms with van der Waals surface area (Å²) in [7, 11) is 0. The summed E-state index contributed by atoms with van der Waals surface area (Å²) >= 11 is 0. The Kier molecular flexibility index (Phi) is 5.03. The number of carbonyl (C=O) groups is 1. The molecule has 1 rings (SSSR count). The van der Waals surface area contributed by atoms with Crippen LogP contribution in [0, 0.1) is 11.6 Å². The number of benzene rings is 1. The number of hydrogen-bond donors (Lipinski definition) is 1. The highest BCUT2D eigenvalue weighted by Gasteiger charge is 2.13. The number of halogens is 2. The van der Waals surface area contributed by atoms with Crippen molar-refractivity contribution in [3.05, 3.63) is 35.4 Å². The van der Waals surface area contributed by atoms with Gasteiger partial charge in [0.05, 0.1) is 6.61 Å². The highest BCUT2D eigenvalue weighted by Crippen LogP contribution is 2.09. The van der Waals surface area contributed by atoms with E-state index in [4.69, 9.17) is 4.74 Å². The van der Waals surface area contributed by atoms with Gasteiger partial charge in [0.1, 0.15) is 17.7 Å². The molecule has 0 radical (unpaired) electrons. The first-order valence-corrected chi connectivity index (χ1v) is 5.38. The first-order chi connectivity index (χ1) is 8.04. The fourth-order valence-electron chi connectivity index (χ4n) is 1.28. The van der Waals surface area contributed by atoms with E-state index in [0.717, 1.165) is 6.07 Å². The van der Waals surface area contributed by atoms with Gasteiger partial charge in [0, 0.05) is 18.2 Å². The Morgan fingerprint density at radius 3 is 2.76 bits per heavy atom. The highest BCUT2D eigenvalue weighted by molar-refractivity contribution is 5.75. The van der Waals surface area contributed by atoms with Gasteiger partial charge in [0.15, 0.2) is 0 Å². The molecule has 0 fully saturated rings. The molecule has 0 heterocycles. The average molecular weight is 243 g/mol. The lowest BCUT2D eigenvalue weighted by Gasteiger charge is -2.12. The van der Waals surface area contributed by atoms with Gasteiger partial charge in [-0.3, -0.25) is 4.79 Å². The molecule has 1 atom stereocenters. The number of hydrogen-bond acceptors (Lipinski definition) is 3. The summed E-state index contributed by atoms with van der Waals surface area (Å²) in [5, 5.41) is 2.81. The SMILES string of the molecule is CCOC(=O)C(C)NCc1ccc(F)cc1F. The topological polar surface area (TPSA) is 38.3 Å². The summed E-state index contributed by atoms with van der Waals surface area (Å²) in [6.07, 6.45) is 0. The lowest BCUT2D eigenvalue weighted by Crippen LogP contribution is -2.35. The number of ether oxygens (including phenoxy) is 1. The standard InChI is InChI=1S/C12H15F2NO2/c1-3-17-12(16)8(2)15-7-9-4-5-10(13)6-11(9)14/h4-6,8,15H,3,7H2,1-2H3. The van der Waals surface area contributed by atoms with Crippen molar-refractivity contribution in [2.75, 3.05) is 6.61 Å². The van der Waals surface area contributed by atoms with E-state index < -0.39 is 23.6 Å². The molecule has 3 nitrogen and oxygen atoms in total. The molecule has 0 bridgehead atoms. The minimum atomic E-state index is -0.631. The number of nitrogens with one attached hydrogen (secondary N) is 1. The molecule has 1 unspecified atom stereocenters. The molecule has 5 heteroatoms. The lowest BCUT2D eigenvalue weighted by molar-refractivity contribution is -0.145. The van der Waals surface area contributed by atoms with Crippen LogP contribution in [0.3, 0.4) is 0 Å². The zero-order chi connectivity index (χ0) is 12.8. The smallest absolute Gasteiger partial charge is 0.322 e. The third-order valence-corrected chi connectivity index (χ3v) is 2.25. The molecule has 0 spiro atoms. The van der Waals surface area contributed by atoms with Crippen molar-refractivity contribution in [1.82, 2.24) is 5.32 Å². The normalized spacial score (nSPS) is 12.2. The van der Waals surface area contributed by atoms with E-state index in [1.54, 1.807) is 13.8 Å². The maximum atomic E-state index is 13.3. The lowest BCUT2D eigenvalue weighted by atomic mass is 10.2. The van der Waals surface area contributed by atoms with Crippen molar-refractivity contribution in [3.8, 4) is 0 Å². The molecule has 0 saturated carbocycles. The molecule has 0 aliphatic rings. The van der Waals surface area contributed by atoms with Crippen LogP contribution in [0.4, 0.5) is 8.78 Å². The van der Waals surface area contributed by atoms with Gasteiger partial charge in [0.25, 0.3) is 0 Å². The molecule has 0 saturated heterocycles. The quantitative estimate of drug-likeness (QED) is 0.804. The third-order valence-electron chi connectivity index (χ3n) is 2.25. The Morgan fingerprint density at radius 2 is 2.18 bits per heavy atom. The van der Waals surface area contributed by atoms with Crippen molar-refractivity contribution in [2.24, 2.45) is 0 Å². The predicted octanol–water partition coefficient (Wildman–Crippen LogP) is 2.01. The van der Waals surface area contributed by atoms with Crippen molar-refractivity contribution in [3.63, 3.8) is 0 Å². The van der Waals surface area contributed by atoms with Crippen molar-refractivity contribution >= 4 is 5.97 Å². The van der Waals surface area contributed by atoms with E-state index in [9.17, 15) is 13.6 Å². The van der Waals surface area contributed by atoms with Crippen LogP contribution in [0.25, 0.3) is 0 Å². The summed E-state index contributed by atoms with van der Waals surface area (Å²) in [5.74, 6) is -1.65. The average Bonchev–Trinajstić information content (AvgIpc) is 2.27. The second-order valence-corrected chi connectivity index (χ2v) is 3.59. The van der Waals surface area contributed by atoms with Gasteiger partial charge in [-0.05, 0) is 19.9 Å². The van der Waals surface area contributed by atoms with Gasteiger partial charge in [-0.25, -0.2) is 8.78 Å². The fraction of sp³-hybridized carbons (Fsp3) is 0.417. The Balaban J connectivity index is 2.52. The van der Waals surface area contributed by atoms with Crippen LogP contribution in [0.15, 0.2) is 18.2 Å². The molecule has 0 aliphatic heterocycles. The largest absolute Gasteiger partial charge is 0.465 e. The summed E-state index contributed by atoms with van der Waals surface area (Å²) in [6, 6.07) is 2.80. The van der Waals surface area contributed by atoms with Gasteiger partial charge in [-0.2, -0.15) is 0 Å². The first kappa shape index (κ1) is 13.6. The van der Waals surface area contributed by atoms with Gasteiger partial charge in [-0.1, -0.05) is 6.07 Å². The molecule has 0 aliphatic carbocycles. The second-order valence-electron chi connectivity index (χ2n) is 3.59. The molecule has 1 N–H and O–H groups in total. The van der Waals surface area contributed by atoms with E-state index in [0.29, 0.717) is 12.2 Å². The highest BCUT2D eigenvalue weighted by atomic mass is 19.1. The Morgan fingerprint density at radius 1 is 1.47 bits per heavy atom. The van der Waals surface area contributed by atoms with Crippen LogP contribution in [-0.2, 0) is 16.1 Å². The van der Waals surface area contributed by atoms with Gasteiger partial charge < -0.3 is 10.1 Å². The summed E-state index contributed by atoms with van der Waals surface area (Å²) in [5.41, 5.74) is 0.308. The van der Waals surface area contributed by atoms with Gasteiger partial charge in [0.2, 0.25) is 0 Å². The van der Waals surface area contributed by atoms with E-state index >= 15 is 0 Å². The number of rotatable bonds is 5. The molecular weight excluding hydrogens is 228 g/mol. The summed E-state index contributed by atoms with van der Waals surface area (Å²) in [4.78, 5) is 11.3. The summed E-state index contributed by atoms with van der Waals surface area (Å²) < 4.78 is 30.7. The van der Waals surface area contributed by atoms with Crippen LogP contribution in [-0.4, -0.2) is 18.6 Å². The van der Waals surface area contributed by atoms with E-state index in [-0.39, 0.29) is 6.54 Å². The summed E-state index contributed by atoms with van der Waals surface area (Å²) in [6.45, 7) is 3.78. The second kappa shape index (κ2) is 6.30. The Labute approximate surface area is 98.8 Å². The minimum absolute atomic E-state index is 0.145. The molecule has 0 amide bonds. The molecule has 94 valence electrons. The zero-order valence-corrected chi connectivity index (χ0v) is 9.80. The zero-order valence-electron chi connectivity index (χ0n) is 9.80. The third kappa shape index (κ3) is 4.11. The molecule has 1 aromatic rings. The van der Waals surface area contributed by atoms with E-state index in [2.05, 4.69) is 5.32 Å². The Bertz CT molecular complexity index is 396. The van der Waals surface area contributed by atoms with E-state index in [1.807, 2.05) is 0 Å². The number of carbonyl (C=O) groups excluding carboxylic acids is 1. The van der Waals surface area contributed by atoms with Gasteiger partial charge >= 0.3 is 5.97 Å². The predicted molar refractivity (Wildman–Crippen MR) is 59.3 cm³/mol. The van der Waals surface area contributed by atoms with Gasteiger partial charge in [-0.15, -0.1) is 0 Å². The van der Waals surface area contributed by atoms with Crippen molar-refractivity contribution < 1.29 is 18.3 Å². The molecule has 0 aromatic heterocycles. The monoisotopic (exact) mass is 243 g/mol. The maximum absolute atomic E-state index is 13.3. The maximum Gasteiger partial charge on any atom is 0.322 e. The van der Waals surface area contributed by atoms with Crippen molar-refractivity contribution in [1.29, 1.82) is 0 Å². The van der Waals surface area contributed by atoms with Crippen LogP contribution in [0.2, 0.25) is 0 Å². The number of esters is 1. The van der Waals surface area contributed by atoms with E-state index in [1.165, 1.54) is 12.1 Å².